The lowest BCUT2D eigenvalue weighted by molar-refractivity contribution is -0.137. The fourth-order valence-corrected chi connectivity index (χ4v) is 4.80. The van der Waals surface area contributed by atoms with Crippen LogP contribution in [0.5, 0.6) is 0 Å². The van der Waals surface area contributed by atoms with Crippen LogP contribution in [0, 0.1) is 6.92 Å². The molecule has 0 saturated carbocycles. The van der Waals surface area contributed by atoms with Crippen LogP contribution < -0.4 is 5.32 Å². The van der Waals surface area contributed by atoms with Gasteiger partial charge in [-0.05, 0) is 42.3 Å². The summed E-state index contributed by atoms with van der Waals surface area (Å²) in [4.78, 5) is 4.44. The number of fused-ring (bicyclic) bond motifs is 1. The minimum Gasteiger partial charge on any atom is -0.369 e. The van der Waals surface area contributed by atoms with Crippen molar-refractivity contribution in [1.29, 1.82) is 0 Å². The van der Waals surface area contributed by atoms with E-state index in [9.17, 15) is 13.2 Å². The molecule has 0 amide bonds. The van der Waals surface area contributed by atoms with E-state index in [-0.39, 0.29) is 5.25 Å². The largest absolute Gasteiger partial charge is 0.416 e. The molecule has 0 radical (unpaired) electrons. The van der Waals surface area contributed by atoms with Gasteiger partial charge < -0.3 is 5.32 Å². The van der Waals surface area contributed by atoms with E-state index in [1.54, 1.807) is 35.6 Å². The molecule has 146 valence electrons. The first-order chi connectivity index (χ1) is 13.4. The fraction of sp³-hybridized carbons (Fsp3) is 0.300. The normalized spacial score (nSPS) is 17.0. The highest BCUT2D eigenvalue weighted by Gasteiger charge is 2.33. The molecule has 0 bridgehead atoms. The van der Waals surface area contributed by atoms with Gasteiger partial charge in [-0.3, -0.25) is 9.67 Å². The van der Waals surface area contributed by atoms with E-state index in [1.807, 2.05) is 25.2 Å². The molecule has 1 N–H and O–H groups in total. The zero-order valence-electron chi connectivity index (χ0n) is 15.4. The van der Waals surface area contributed by atoms with Crippen LogP contribution in [0.25, 0.3) is 11.4 Å². The van der Waals surface area contributed by atoms with Gasteiger partial charge in [0, 0.05) is 31.1 Å². The van der Waals surface area contributed by atoms with Crippen LogP contribution in [0.2, 0.25) is 0 Å². The van der Waals surface area contributed by atoms with E-state index in [2.05, 4.69) is 15.4 Å². The standard InChI is InChI=1S/C20H19F3N4S/c1-12-11-13(20(21,22)23)6-7-14(12)18-16-17(15-5-3-4-8-24-15)26-27(2)19(16)25-9-10-28-18/h3-8,11,18,25H,9-10H2,1-2H3. The van der Waals surface area contributed by atoms with Crippen LogP contribution in [0.4, 0.5) is 19.0 Å². The van der Waals surface area contributed by atoms with Gasteiger partial charge >= 0.3 is 6.18 Å². The Labute approximate surface area is 165 Å². The SMILES string of the molecule is Cc1cc(C(F)(F)F)ccc1C1SCCNc2c1c(-c1ccccn1)nn2C. The lowest BCUT2D eigenvalue weighted by Gasteiger charge is -2.20. The van der Waals surface area contributed by atoms with Crippen molar-refractivity contribution in [3.8, 4) is 11.4 Å². The number of aromatic nitrogens is 3. The number of hydrogen-bond acceptors (Lipinski definition) is 4. The maximum atomic E-state index is 13.1. The highest BCUT2D eigenvalue weighted by atomic mass is 32.2. The van der Waals surface area contributed by atoms with E-state index in [0.717, 1.165) is 46.7 Å². The average molecular weight is 404 g/mol. The predicted molar refractivity (Wildman–Crippen MR) is 105 cm³/mol. The lowest BCUT2D eigenvalue weighted by atomic mass is 9.96. The first-order valence-corrected chi connectivity index (χ1v) is 9.92. The minimum absolute atomic E-state index is 0.127. The molecule has 1 aromatic carbocycles. The van der Waals surface area contributed by atoms with Gasteiger partial charge in [0.1, 0.15) is 11.5 Å². The topological polar surface area (TPSA) is 42.7 Å². The van der Waals surface area contributed by atoms with Crippen molar-refractivity contribution < 1.29 is 13.2 Å². The molecular weight excluding hydrogens is 385 g/mol. The van der Waals surface area contributed by atoms with Crippen molar-refractivity contribution in [2.45, 2.75) is 18.3 Å². The van der Waals surface area contributed by atoms with Gasteiger partial charge in [-0.1, -0.05) is 12.1 Å². The van der Waals surface area contributed by atoms with Gasteiger partial charge in [-0.2, -0.15) is 18.3 Å². The van der Waals surface area contributed by atoms with Crippen LogP contribution in [-0.4, -0.2) is 27.1 Å². The zero-order chi connectivity index (χ0) is 19.9. The molecule has 8 heteroatoms. The van der Waals surface area contributed by atoms with Crippen molar-refractivity contribution in [2.24, 2.45) is 7.05 Å². The number of pyridine rings is 1. The van der Waals surface area contributed by atoms with E-state index >= 15 is 0 Å². The monoisotopic (exact) mass is 404 g/mol. The quantitative estimate of drug-likeness (QED) is 0.649. The Bertz CT molecular complexity index is 999. The molecule has 4 rings (SSSR count). The van der Waals surface area contributed by atoms with Crippen molar-refractivity contribution >= 4 is 17.6 Å². The molecule has 28 heavy (non-hydrogen) atoms. The summed E-state index contributed by atoms with van der Waals surface area (Å²) in [5, 5.41) is 7.95. The first kappa shape index (κ1) is 18.9. The second kappa shape index (κ2) is 7.16. The van der Waals surface area contributed by atoms with Gasteiger partial charge in [0.2, 0.25) is 0 Å². The number of aryl methyl sites for hydroxylation is 2. The molecule has 4 nitrogen and oxygen atoms in total. The van der Waals surface area contributed by atoms with Crippen molar-refractivity contribution in [3.63, 3.8) is 0 Å². The van der Waals surface area contributed by atoms with E-state index in [0.29, 0.717) is 5.56 Å². The number of rotatable bonds is 2. The Kier molecular flexibility index (Phi) is 4.82. The lowest BCUT2D eigenvalue weighted by Crippen LogP contribution is -2.08. The summed E-state index contributed by atoms with van der Waals surface area (Å²) in [5.41, 5.74) is 3.33. The molecule has 0 saturated heterocycles. The Hall–Kier alpha value is -2.48. The number of halogens is 3. The molecule has 1 aliphatic rings. The maximum Gasteiger partial charge on any atom is 0.416 e. The number of benzene rings is 1. The van der Waals surface area contributed by atoms with Gasteiger partial charge in [-0.25, -0.2) is 0 Å². The fourth-order valence-electron chi connectivity index (χ4n) is 3.51. The molecular formula is C20H19F3N4S. The van der Waals surface area contributed by atoms with Gasteiger partial charge in [0.25, 0.3) is 0 Å². The molecule has 3 heterocycles. The zero-order valence-corrected chi connectivity index (χ0v) is 16.2. The Morgan fingerprint density at radius 1 is 1.21 bits per heavy atom. The number of nitrogens with one attached hydrogen (secondary N) is 1. The molecule has 1 aliphatic heterocycles. The maximum absolute atomic E-state index is 13.1. The van der Waals surface area contributed by atoms with Crippen molar-refractivity contribution in [1.82, 2.24) is 14.8 Å². The molecule has 0 spiro atoms. The van der Waals surface area contributed by atoms with E-state index in [4.69, 9.17) is 0 Å². The molecule has 0 aliphatic carbocycles. The summed E-state index contributed by atoms with van der Waals surface area (Å²) < 4.78 is 41.1. The van der Waals surface area contributed by atoms with Crippen LogP contribution >= 0.6 is 11.8 Å². The molecule has 2 aromatic heterocycles. The predicted octanol–water partition coefficient (Wildman–Crippen LogP) is 5.06. The van der Waals surface area contributed by atoms with Crippen LogP contribution in [0.1, 0.15) is 27.5 Å². The summed E-state index contributed by atoms with van der Waals surface area (Å²) in [5.74, 6) is 1.72. The number of thioether (sulfide) groups is 1. The van der Waals surface area contributed by atoms with Gasteiger partial charge in [-0.15, -0.1) is 11.8 Å². The summed E-state index contributed by atoms with van der Waals surface area (Å²) >= 11 is 1.70. The second-order valence-corrected chi connectivity index (χ2v) is 7.91. The summed E-state index contributed by atoms with van der Waals surface area (Å²) in [6.45, 7) is 2.50. The molecule has 0 fully saturated rings. The van der Waals surface area contributed by atoms with E-state index < -0.39 is 11.7 Å². The number of alkyl halides is 3. The van der Waals surface area contributed by atoms with Crippen LogP contribution in [0.15, 0.2) is 42.6 Å². The average Bonchev–Trinajstić information content (AvgIpc) is 2.85. The minimum atomic E-state index is -4.35. The summed E-state index contributed by atoms with van der Waals surface area (Å²) in [6, 6.07) is 9.63. The Morgan fingerprint density at radius 3 is 2.71 bits per heavy atom. The molecule has 1 atom stereocenters. The first-order valence-electron chi connectivity index (χ1n) is 8.88. The van der Waals surface area contributed by atoms with Gasteiger partial charge in [0.05, 0.1) is 16.5 Å². The highest BCUT2D eigenvalue weighted by molar-refractivity contribution is 7.99. The third kappa shape index (κ3) is 3.37. The smallest absolute Gasteiger partial charge is 0.369 e. The van der Waals surface area contributed by atoms with Crippen molar-refractivity contribution in [2.75, 3.05) is 17.6 Å². The number of anilines is 1. The highest BCUT2D eigenvalue weighted by Crippen LogP contribution is 2.46. The Morgan fingerprint density at radius 2 is 2.04 bits per heavy atom. The summed E-state index contributed by atoms with van der Waals surface area (Å²) in [7, 11) is 1.87. The number of hydrogen-bond donors (Lipinski definition) is 1. The third-order valence-electron chi connectivity index (χ3n) is 4.81. The van der Waals surface area contributed by atoms with Crippen LogP contribution in [0.3, 0.4) is 0 Å². The molecule has 3 aromatic rings. The third-order valence-corrected chi connectivity index (χ3v) is 6.07. The van der Waals surface area contributed by atoms with Crippen LogP contribution in [-0.2, 0) is 13.2 Å². The van der Waals surface area contributed by atoms with Crippen molar-refractivity contribution in [3.05, 3.63) is 64.8 Å². The second-order valence-electron chi connectivity index (χ2n) is 6.70. The van der Waals surface area contributed by atoms with Gasteiger partial charge in [0.15, 0.2) is 0 Å². The molecule has 1 unspecified atom stereocenters. The Balaban J connectivity index is 1.87. The summed E-state index contributed by atoms with van der Waals surface area (Å²) in [6.07, 6.45) is -2.63. The number of nitrogens with zero attached hydrogens (tertiary/aromatic N) is 3. The van der Waals surface area contributed by atoms with E-state index in [1.165, 1.54) is 6.07 Å².